The third kappa shape index (κ3) is 1.91. The number of aryl methyl sites for hydroxylation is 1. The van der Waals surface area contributed by atoms with E-state index in [9.17, 15) is 0 Å². The first-order valence-corrected chi connectivity index (χ1v) is 6.46. The standard InChI is InChI=1S/C16H17N3/c1-11-9-10-17-14-13(11)18-15(19-14)16(2,3)12-7-5-4-6-8-12/h4-10H,1-3H3,(H,17,18,19). The number of fused-ring (bicyclic) bond motifs is 1. The number of H-pyrrole nitrogens is 1. The summed E-state index contributed by atoms with van der Waals surface area (Å²) < 4.78 is 0. The van der Waals surface area contributed by atoms with Crippen molar-refractivity contribution in [2.75, 3.05) is 0 Å². The van der Waals surface area contributed by atoms with Gasteiger partial charge in [-0.3, -0.25) is 0 Å². The molecule has 0 atom stereocenters. The number of aromatic nitrogens is 3. The first-order chi connectivity index (χ1) is 9.09. The van der Waals surface area contributed by atoms with Crippen LogP contribution in [0.1, 0.15) is 30.8 Å². The third-order valence-electron chi connectivity index (χ3n) is 3.69. The van der Waals surface area contributed by atoms with Crippen molar-refractivity contribution < 1.29 is 0 Å². The molecule has 3 heteroatoms. The highest BCUT2D eigenvalue weighted by atomic mass is 15.0. The van der Waals surface area contributed by atoms with Crippen LogP contribution in [-0.2, 0) is 5.41 Å². The number of nitrogens with one attached hydrogen (secondary N) is 1. The fraction of sp³-hybridized carbons (Fsp3) is 0.250. The molecule has 3 rings (SSSR count). The van der Waals surface area contributed by atoms with Crippen molar-refractivity contribution in [1.82, 2.24) is 15.0 Å². The third-order valence-corrected chi connectivity index (χ3v) is 3.69. The maximum Gasteiger partial charge on any atom is 0.177 e. The van der Waals surface area contributed by atoms with Gasteiger partial charge in [-0.15, -0.1) is 0 Å². The maximum atomic E-state index is 4.65. The van der Waals surface area contributed by atoms with Crippen LogP contribution in [0.5, 0.6) is 0 Å². The van der Waals surface area contributed by atoms with Crippen LogP contribution in [0.3, 0.4) is 0 Å². The van der Waals surface area contributed by atoms with Gasteiger partial charge in [0.1, 0.15) is 5.82 Å². The Bertz CT molecular complexity index is 711. The SMILES string of the molecule is Cc1ccnc2nc(C(C)(C)c3ccccc3)[nH]c12. The summed E-state index contributed by atoms with van der Waals surface area (Å²) in [5.41, 5.74) is 4.08. The largest absolute Gasteiger partial charge is 0.340 e. The molecule has 0 aliphatic rings. The van der Waals surface area contributed by atoms with Crippen LogP contribution in [0, 0.1) is 6.92 Å². The Morgan fingerprint density at radius 3 is 2.47 bits per heavy atom. The molecular formula is C16H17N3. The summed E-state index contributed by atoms with van der Waals surface area (Å²) in [5.74, 6) is 0.954. The van der Waals surface area contributed by atoms with Gasteiger partial charge < -0.3 is 4.98 Å². The lowest BCUT2D eigenvalue weighted by atomic mass is 9.84. The summed E-state index contributed by atoms with van der Waals surface area (Å²) in [6.45, 7) is 6.42. The molecule has 3 nitrogen and oxygen atoms in total. The lowest BCUT2D eigenvalue weighted by Gasteiger charge is -2.22. The molecule has 3 aromatic rings. The van der Waals surface area contributed by atoms with Gasteiger partial charge in [0, 0.05) is 11.6 Å². The van der Waals surface area contributed by atoms with E-state index >= 15 is 0 Å². The fourth-order valence-corrected chi connectivity index (χ4v) is 2.32. The summed E-state index contributed by atoms with van der Waals surface area (Å²) in [7, 11) is 0. The molecule has 0 saturated carbocycles. The number of rotatable bonds is 2. The van der Waals surface area contributed by atoms with Crippen molar-refractivity contribution in [3.63, 3.8) is 0 Å². The molecule has 19 heavy (non-hydrogen) atoms. The van der Waals surface area contributed by atoms with Crippen LogP contribution >= 0.6 is 0 Å². The molecule has 0 aliphatic heterocycles. The number of imidazole rings is 1. The smallest absolute Gasteiger partial charge is 0.177 e. The number of nitrogens with zero attached hydrogens (tertiary/aromatic N) is 2. The van der Waals surface area contributed by atoms with E-state index in [1.54, 1.807) is 6.20 Å². The normalized spacial score (nSPS) is 11.9. The van der Waals surface area contributed by atoms with Crippen LogP contribution in [0.25, 0.3) is 11.2 Å². The number of pyridine rings is 1. The Balaban J connectivity index is 2.16. The van der Waals surface area contributed by atoms with Crippen LogP contribution in [0.2, 0.25) is 0 Å². The average Bonchev–Trinajstić information content (AvgIpc) is 2.86. The van der Waals surface area contributed by atoms with Crippen LogP contribution in [0.15, 0.2) is 42.6 Å². The van der Waals surface area contributed by atoms with Gasteiger partial charge in [0.25, 0.3) is 0 Å². The summed E-state index contributed by atoms with van der Waals surface area (Å²) >= 11 is 0. The number of hydrogen-bond acceptors (Lipinski definition) is 2. The maximum absolute atomic E-state index is 4.65. The van der Waals surface area contributed by atoms with Gasteiger partial charge in [-0.25, -0.2) is 9.97 Å². The monoisotopic (exact) mass is 251 g/mol. The van der Waals surface area contributed by atoms with Gasteiger partial charge >= 0.3 is 0 Å². The van der Waals surface area contributed by atoms with Crippen LogP contribution in [0.4, 0.5) is 0 Å². The van der Waals surface area contributed by atoms with Crippen molar-refractivity contribution in [3.8, 4) is 0 Å². The Hall–Kier alpha value is -2.16. The highest BCUT2D eigenvalue weighted by Crippen LogP contribution is 2.30. The minimum Gasteiger partial charge on any atom is -0.340 e. The minimum absolute atomic E-state index is 0.158. The quantitative estimate of drug-likeness (QED) is 0.756. The van der Waals surface area contributed by atoms with E-state index in [0.717, 1.165) is 17.0 Å². The van der Waals surface area contributed by atoms with Crippen molar-refractivity contribution in [2.45, 2.75) is 26.2 Å². The molecule has 0 unspecified atom stereocenters. The zero-order valence-electron chi connectivity index (χ0n) is 11.4. The summed E-state index contributed by atoms with van der Waals surface area (Å²) in [4.78, 5) is 12.4. The molecule has 2 heterocycles. The molecule has 1 aromatic carbocycles. The molecule has 0 amide bonds. The molecule has 0 fully saturated rings. The van der Waals surface area contributed by atoms with E-state index in [-0.39, 0.29) is 5.41 Å². The lowest BCUT2D eigenvalue weighted by molar-refractivity contribution is 0.601. The molecule has 0 bridgehead atoms. The van der Waals surface area contributed by atoms with Gasteiger partial charge in [-0.2, -0.15) is 0 Å². The van der Waals surface area contributed by atoms with E-state index in [2.05, 4.69) is 60.0 Å². The van der Waals surface area contributed by atoms with Crippen molar-refractivity contribution in [2.24, 2.45) is 0 Å². The zero-order chi connectivity index (χ0) is 13.5. The van der Waals surface area contributed by atoms with Crippen molar-refractivity contribution in [3.05, 3.63) is 59.5 Å². The second kappa shape index (κ2) is 4.19. The molecule has 96 valence electrons. The minimum atomic E-state index is -0.158. The highest BCUT2D eigenvalue weighted by Gasteiger charge is 2.27. The predicted molar refractivity (Wildman–Crippen MR) is 77.2 cm³/mol. The van der Waals surface area contributed by atoms with Crippen LogP contribution < -0.4 is 0 Å². The van der Waals surface area contributed by atoms with E-state index in [4.69, 9.17) is 0 Å². The molecule has 2 aromatic heterocycles. The Labute approximate surface area is 112 Å². The van der Waals surface area contributed by atoms with E-state index < -0.39 is 0 Å². The molecular weight excluding hydrogens is 234 g/mol. The van der Waals surface area contributed by atoms with E-state index in [1.165, 1.54) is 11.1 Å². The number of aromatic amines is 1. The first kappa shape index (κ1) is 11.9. The lowest BCUT2D eigenvalue weighted by Crippen LogP contribution is -2.20. The fourth-order valence-electron chi connectivity index (χ4n) is 2.32. The summed E-state index contributed by atoms with van der Waals surface area (Å²) in [6, 6.07) is 12.4. The second-order valence-corrected chi connectivity index (χ2v) is 5.40. The Morgan fingerprint density at radius 2 is 1.79 bits per heavy atom. The Morgan fingerprint density at radius 1 is 1.05 bits per heavy atom. The topological polar surface area (TPSA) is 41.6 Å². The predicted octanol–water partition coefficient (Wildman–Crippen LogP) is 3.59. The van der Waals surface area contributed by atoms with Gasteiger partial charge in [0.15, 0.2) is 5.65 Å². The van der Waals surface area contributed by atoms with E-state index in [0.29, 0.717) is 0 Å². The van der Waals surface area contributed by atoms with Gasteiger partial charge in [0.05, 0.1) is 5.52 Å². The highest BCUT2D eigenvalue weighted by molar-refractivity contribution is 5.74. The molecule has 0 saturated heterocycles. The average molecular weight is 251 g/mol. The molecule has 1 N–H and O–H groups in total. The van der Waals surface area contributed by atoms with Crippen LogP contribution in [-0.4, -0.2) is 15.0 Å². The van der Waals surface area contributed by atoms with Gasteiger partial charge in [-0.05, 0) is 38.0 Å². The van der Waals surface area contributed by atoms with Crippen molar-refractivity contribution in [1.29, 1.82) is 0 Å². The molecule has 0 radical (unpaired) electrons. The molecule has 0 aliphatic carbocycles. The first-order valence-electron chi connectivity index (χ1n) is 6.46. The number of hydrogen-bond donors (Lipinski definition) is 1. The van der Waals surface area contributed by atoms with Gasteiger partial charge in [-0.1, -0.05) is 30.3 Å². The Kier molecular flexibility index (Phi) is 2.63. The van der Waals surface area contributed by atoms with Crippen molar-refractivity contribution >= 4 is 11.2 Å². The second-order valence-electron chi connectivity index (χ2n) is 5.40. The summed E-state index contributed by atoms with van der Waals surface area (Å²) in [5, 5.41) is 0. The zero-order valence-corrected chi connectivity index (χ0v) is 11.4. The number of benzene rings is 1. The van der Waals surface area contributed by atoms with E-state index in [1.807, 2.05) is 12.1 Å². The summed E-state index contributed by atoms with van der Waals surface area (Å²) in [6.07, 6.45) is 1.80. The molecule has 0 spiro atoms. The van der Waals surface area contributed by atoms with Gasteiger partial charge in [0.2, 0.25) is 0 Å².